The molecule has 1 saturated heterocycles. The van der Waals surface area contributed by atoms with Gasteiger partial charge in [0, 0.05) is 63.3 Å². The molecule has 32 heavy (non-hydrogen) atoms. The Kier molecular flexibility index (Phi) is 9.08. The molecular weight excluding hydrogens is 513 g/mol. The fourth-order valence-corrected chi connectivity index (χ4v) is 4.26. The number of anilines is 2. The molecule has 0 radical (unpaired) electrons. The molecule has 1 atom stereocenters. The van der Waals surface area contributed by atoms with Crippen LogP contribution in [-0.2, 0) is 6.54 Å². The van der Waals surface area contributed by atoms with E-state index in [1.165, 1.54) is 16.9 Å². The number of halogens is 1. The van der Waals surface area contributed by atoms with Crippen molar-refractivity contribution in [3.8, 4) is 5.75 Å². The maximum absolute atomic E-state index is 5.39. The summed E-state index contributed by atoms with van der Waals surface area (Å²) in [5.74, 6) is 1.75. The lowest BCUT2D eigenvalue weighted by Gasteiger charge is -2.35. The van der Waals surface area contributed by atoms with Gasteiger partial charge in [-0.05, 0) is 42.7 Å². The van der Waals surface area contributed by atoms with Crippen molar-refractivity contribution in [2.24, 2.45) is 4.99 Å². The van der Waals surface area contributed by atoms with Crippen LogP contribution in [0.25, 0.3) is 0 Å². The maximum Gasteiger partial charge on any atom is 0.191 e. The lowest BCUT2D eigenvalue weighted by atomic mass is 10.0. The van der Waals surface area contributed by atoms with E-state index >= 15 is 0 Å². The van der Waals surface area contributed by atoms with E-state index in [0.29, 0.717) is 6.04 Å². The first-order valence-corrected chi connectivity index (χ1v) is 11.1. The minimum Gasteiger partial charge on any atom is -0.497 e. The van der Waals surface area contributed by atoms with Gasteiger partial charge in [0.1, 0.15) is 5.75 Å². The number of ether oxygens (including phenoxy) is 1. The minimum atomic E-state index is 0. The highest BCUT2D eigenvalue weighted by Gasteiger charge is 2.21. The number of piperidine rings is 1. The Labute approximate surface area is 208 Å². The molecule has 0 bridgehead atoms. The SMILES string of the molecule is CN=C(NCc1cccc(N2CC=CC2)c1)NC1CCCN(c2cccc(OC)c2)C1.I. The van der Waals surface area contributed by atoms with Crippen LogP contribution in [0.5, 0.6) is 5.75 Å². The summed E-state index contributed by atoms with van der Waals surface area (Å²) in [5, 5.41) is 7.11. The first-order valence-electron chi connectivity index (χ1n) is 11.1. The van der Waals surface area contributed by atoms with Crippen molar-refractivity contribution in [1.29, 1.82) is 0 Å². The number of methoxy groups -OCH3 is 1. The molecule has 0 aliphatic carbocycles. The van der Waals surface area contributed by atoms with E-state index in [9.17, 15) is 0 Å². The van der Waals surface area contributed by atoms with Gasteiger partial charge in [0.2, 0.25) is 0 Å². The molecule has 0 spiro atoms. The van der Waals surface area contributed by atoms with E-state index in [1.54, 1.807) is 7.11 Å². The number of nitrogens with one attached hydrogen (secondary N) is 2. The standard InChI is InChI=1S/C25H33N5O.HI/c1-26-25(27-18-20-8-5-10-22(16-20)29-13-3-4-14-29)28-21-9-7-15-30(19-21)23-11-6-12-24(17-23)31-2;/h3-6,8,10-12,16-17,21H,7,9,13-15,18-19H2,1-2H3,(H2,26,27,28);1H. The van der Waals surface area contributed by atoms with Gasteiger partial charge in [-0.25, -0.2) is 0 Å². The second kappa shape index (κ2) is 12.0. The zero-order chi connectivity index (χ0) is 21.5. The largest absolute Gasteiger partial charge is 0.497 e. The summed E-state index contributed by atoms with van der Waals surface area (Å²) in [4.78, 5) is 9.25. The molecule has 172 valence electrons. The first kappa shape index (κ1) is 24.2. The lowest BCUT2D eigenvalue weighted by Crippen LogP contribution is -2.51. The van der Waals surface area contributed by atoms with Crippen molar-refractivity contribution < 1.29 is 4.74 Å². The smallest absolute Gasteiger partial charge is 0.191 e. The highest BCUT2D eigenvalue weighted by molar-refractivity contribution is 14.0. The molecular formula is C25H34IN5O. The Balaban J connectivity index is 0.00000289. The molecule has 0 aromatic heterocycles. The highest BCUT2D eigenvalue weighted by Crippen LogP contribution is 2.24. The van der Waals surface area contributed by atoms with E-state index in [-0.39, 0.29) is 24.0 Å². The normalized spacial score (nSPS) is 18.3. The van der Waals surface area contributed by atoms with Crippen molar-refractivity contribution in [3.05, 3.63) is 66.2 Å². The second-order valence-corrected chi connectivity index (χ2v) is 8.10. The molecule has 7 heteroatoms. The van der Waals surface area contributed by atoms with Gasteiger partial charge in [-0.2, -0.15) is 0 Å². The molecule has 6 nitrogen and oxygen atoms in total. The number of benzene rings is 2. The van der Waals surface area contributed by atoms with Crippen molar-refractivity contribution in [2.45, 2.75) is 25.4 Å². The number of nitrogens with zero attached hydrogens (tertiary/aromatic N) is 3. The van der Waals surface area contributed by atoms with Gasteiger partial charge < -0.3 is 25.2 Å². The Morgan fingerprint density at radius 3 is 2.56 bits per heavy atom. The fourth-order valence-electron chi connectivity index (χ4n) is 4.26. The topological polar surface area (TPSA) is 52.1 Å². The summed E-state index contributed by atoms with van der Waals surface area (Å²) in [7, 11) is 3.55. The van der Waals surface area contributed by atoms with Gasteiger partial charge in [-0.15, -0.1) is 24.0 Å². The van der Waals surface area contributed by atoms with Crippen LogP contribution in [0.1, 0.15) is 18.4 Å². The summed E-state index contributed by atoms with van der Waals surface area (Å²) in [6, 6.07) is 17.4. The number of guanidine groups is 1. The third kappa shape index (κ3) is 6.31. The average molecular weight is 547 g/mol. The maximum atomic E-state index is 5.39. The van der Waals surface area contributed by atoms with Gasteiger partial charge in [0.25, 0.3) is 0 Å². The third-order valence-electron chi connectivity index (χ3n) is 5.96. The van der Waals surface area contributed by atoms with Crippen LogP contribution in [0.15, 0.2) is 65.7 Å². The van der Waals surface area contributed by atoms with E-state index in [2.05, 4.69) is 80.0 Å². The second-order valence-electron chi connectivity index (χ2n) is 8.10. The predicted molar refractivity (Wildman–Crippen MR) is 145 cm³/mol. The van der Waals surface area contributed by atoms with Crippen LogP contribution in [0.2, 0.25) is 0 Å². The van der Waals surface area contributed by atoms with E-state index in [4.69, 9.17) is 4.74 Å². The first-order chi connectivity index (χ1) is 15.2. The van der Waals surface area contributed by atoms with Crippen molar-refractivity contribution in [2.75, 3.05) is 50.1 Å². The Morgan fingerprint density at radius 1 is 1.06 bits per heavy atom. The van der Waals surface area contributed by atoms with Crippen LogP contribution in [0.4, 0.5) is 11.4 Å². The highest BCUT2D eigenvalue weighted by atomic mass is 127. The molecule has 2 aliphatic rings. The van der Waals surface area contributed by atoms with Crippen LogP contribution < -0.4 is 25.2 Å². The molecule has 2 heterocycles. The minimum absolute atomic E-state index is 0. The summed E-state index contributed by atoms with van der Waals surface area (Å²) in [5.41, 5.74) is 3.74. The third-order valence-corrected chi connectivity index (χ3v) is 5.96. The molecule has 2 N–H and O–H groups in total. The molecule has 2 aromatic rings. The van der Waals surface area contributed by atoms with E-state index < -0.39 is 0 Å². The Bertz CT molecular complexity index is 924. The summed E-state index contributed by atoms with van der Waals surface area (Å²) in [6.07, 6.45) is 6.72. The van der Waals surface area contributed by atoms with Gasteiger partial charge in [-0.1, -0.05) is 30.4 Å². The van der Waals surface area contributed by atoms with Gasteiger partial charge in [0.05, 0.1) is 7.11 Å². The number of hydrogen-bond acceptors (Lipinski definition) is 4. The van der Waals surface area contributed by atoms with Crippen LogP contribution in [0, 0.1) is 0 Å². The average Bonchev–Trinajstić information content (AvgIpc) is 3.37. The number of hydrogen-bond donors (Lipinski definition) is 2. The summed E-state index contributed by atoms with van der Waals surface area (Å²) >= 11 is 0. The van der Waals surface area contributed by atoms with Crippen molar-refractivity contribution >= 4 is 41.3 Å². The van der Waals surface area contributed by atoms with Crippen LogP contribution in [-0.4, -0.2) is 52.3 Å². The molecule has 0 saturated carbocycles. The monoisotopic (exact) mass is 547 g/mol. The molecule has 2 aromatic carbocycles. The zero-order valence-electron chi connectivity index (χ0n) is 19.0. The molecule has 4 rings (SSSR count). The van der Waals surface area contributed by atoms with E-state index in [1.807, 2.05) is 13.1 Å². The molecule has 1 fully saturated rings. The van der Waals surface area contributed by atoms with Gasteiger partial charge in [-0.3, -0.25) is 4.99 Å². The Hall–Kier alpha value is -2.42. The quantitative estimate of drug-likeness (QED) is 0.248. The molecule has 0 amide bonds. The van der Waals surface area contributed by atoms with Crippen molar-refractivity contribution in [3.63, 3.8) is 0 Å². The van der Waals surface area contributed by atoms with Gasteiger partial charge in [0.15, 0.2) is 5.96 Å². The van der Waals surface area contributed by atoms with E-state index in [0.717, 1.165) is 57.3 Å². The van der Waals surface area contributed by atoms with Crippen LogP contribution >= 0.6 is 24.0 Å². The van der Waals surface area contributed by atoms with Crippen molar-refractivity contribution in [1.82, 2.24) is 10.6 Å². The fraction of sp³-hybridized carbons (Fsp3) is 0.400. The lowest BCUT2D eigenvalue weighted by molar-refractivity contribution is 0.414. The predicted octanol–water partition coefficient (Wildman–Crippen LogP) is 4.02. The molecule has 2 aliphatic heterocycles. The molecule has 1 unspecified atom stereocenters. The number of aliphatic imine (C=N–C) groups is 1. The Morgan fingerprint density at radius 2 is 1.81 bits per heavy atom. The van der Waals surface area contributed by atoms with Crippen LogP contribution in [0.3, 0.4) is 0 Å². The summed E-state index contributed by atoms with van der Waals surface area (Å²) < 4.78 is 5.39. The van der Waals surface area contributed by atoms with Gasteiger partial charge >= 0.3 is 0 Å². The summed E-state index contributed by atoms with van der Waals surface area (Å²) in [6.45, 7) is 4.75. The number of rotatable bonds is 6. The zero-order valence-corrected chi connectivity index (χ0v) is 21.3.